The van der Waals surface area contributed by atoms with Gasteiger partial charge < -0.3 is 9.67 Å². The van der Waals surface area contributed by atoms with Crippen molar-refractivity contribution in [2.75, 3.05) is 6.54 Å². The van der Waals surface area contributed by atoms with Gasteiger partial charge in [-0.15, -0.1) is 0 Å². The van der Waals surface area contributed by atoms with Gasteiger partial charge in [0.1, 0.15) is 5.82 Å². The van der Waals surface area contributed by atoms with E-state index in [1.54, 1.807) is 6.07 Å². The lowest BCUT2D eigenvalue weighted by atomic mass is 10.1. The Kier molecular flexibility index (Phi) is 4.40. The minimum Gasteiger partial charge on any atom is -0.387 e. The smallest absolute Gasteiger partial charge is 0.240 e. The summed E-state index contributed by atoms with van der Waals surface area (Å²) in [7, 11) is -1.96. The van der Waals surface area contributed by atoms with Gasteiger partial charge in [0, 0.05) is 25.3 Å². The SMILES string of the molecule is Cn1ccc2cc(C(O)CNS(=O)(=O)c3cccc(F)c3)ccc21. The standard InChI is InChI=1S/C17H17FN2O3S/c1-20-8-7-12-9-13(5-6-16(12)20)17(21)11-19-24(22,23)15-4-2-3-14(18)10-15/h2-10,17,19,21H,11H2,1H3. The van der Waals surface area contributed by atoms with Gasteiger partial charge in [0.05, 0.1) is 11.0 Å². The number of hydrogen-bond acceptors (Lipinski definition) is 3. The van der Waals surface area contributed by atoms with Gasteiger partial charge in [0.15, 0.2) is 0 Å². The van der Waals surface area contributed by atoms with Crippen LogP contribution in [0.25, 0.3) is 10.9 Å². The summed E-state index contributed by atoms with van der Waals surface area (Å²) in [6.07, 6.45) is 0.908. The van der Waals surface area contributed by atoms with Crippen LogP contribution in [0.1, 0.15) is 11.7 Å². The van der Waals surface area contributed by atoms with E-state index in [9.17, 15) is 17.9 Å². The molecule has 126 valence electrons. The van der Waals surface area contributed by atoms with E-state index in [1.165, 1.54) is 18.2 Å². The van der Waals surface area contributed by atoms with Crippen LogP contribution < -0.4 is 4.72 Å². The first kappa shape index (κ1) is 16.6. The molecule has 0 bridgehead atoms. The highest BCUT2D eigenvalue weighted by Gasteiger charge is 2.17. The molecule has 7 heteroatoms. The molecule has 0 spiro atoms. The number of nitrogens with one attached hydrogen (secondary N) is 1. The Morgan fingerprint density at radius 1 is 1.21 bits per heavy atom. The third-order valence-corrected chi connectivity index (χ3v) is 5.29. The predicted molar refractivity (Wildman–Crippen MR) is 89.5 cm³/mol. The molecule has 24 heavy (non-hydrogen) atoms. The summed E-state index contributed by atoms with van der Waals surface area (Å²) >= 11 is 0. The van der Waals surface area contributed by atoms with E-state index in [-0.39, 0.29) is 11.4 Å². The third kappa shape index (κ3) is 3.33. The summed E-state index contributed by atoms with van der Waals surface area (Å²) in [5, 5.41) is 11.2. The van der Waals surface area contributed by atoms with Gasteiger partial charge in [0.25, 0.3) is 0 Å². The molecule has 2 aromatic carbocycles. The van der Waals surface area contributed by atoms with Crippen molar-refractivity contribution in [3.8, 4) is 0 Å². The minimum absolute atomic E-state index is 0.173. The molecule has 3 rings (SSSR count). The normalized spacial score (nSPS) is 13.3. The molecule has 0 saturated carbocycles. The van der Waals surface area contributed by atoms with Gasteiger partial charge in [-0.05, 0) is 47.3 Å². The highest BCUT2D eigenvalue weighted by Crippen LogP contribution is 2.21. The second-order valence-electron chi connectivity index (χ2n) is 5.57. The summed E-state index contributed by atoms with van der Waals surface area (Å²) in [5.41, 5.74) is 1.63. The van der Waals surface area contributed by atoms with Crippen molar-refractivity contribution in [2.45, 2.75) is 11.0 Å². The van der Waals surface area contributed by atoms with Gasteiger partial charge in [-0.1, -0.05) is 12.1 Å². The van der Waals surface area contributed by atoms with Crippen molar-refractivity contribution in [1.82, 2.24) is 9.29 Å². The Labute approximate surface area is 139 Å². The van der Waals surface area contributed by atoms with Crippen molar-refractivity contribution in [3.05, 3.63) is 66.1 Å². The molecule has 0 aliphatic heterocycles. The molecule has 1 unspecified atom stereocenters. The van der Waals surface area contributed by atoms with E-state index in [4.69, 9.17) is 0 Å². The van der Waals surface area contributed by atoms with Crippen molar-refractivity contribution in [3.63, 3.8) is 0 Å². The van der Waals surface area contributed by atoms with Crippen LogP contribution in [0.5, 0.6) is 0 Å². The monoisotopic (exact) mass is 348 g/mol. The molecule has 1 heterocycles. The lowest BCUT2D eigenvalue weighted by molar-refractivity contribution is 0.182. The second kappa shape index (κ2) is 6.35. The summed E-state index contributed by atoms with van der Waals surface area (Å²) in [6, 6.07) is 12.1. The van der Waals surface area contributed by atoms with Gasteiger partial charge in [0.2, 0.25) is 10.0 Å². The topological polar surface area (TPSA) is 71.3 Å². The van der Waals surface area contributed by atoms with Crippen LogP contribution in [0, 0.1) is 5.82 Å². The molecular weight excluding hydrogens is 331 g/mol. The van der Waals surface area contributed by atoms with Crippen LogP contribution in [0.2, 0.25) is 0 Å². The Bertz CT molecular complexity index is 982. The first-order valence-corrected chi connectivity index (χ1v) is 8.83. The predicted octanol–water partition coefficient (Wildman–Crippen LogP) is 2.33. The van der Waals surface area contributed by atoms with Crippen LogP contribution in [-0.2, 0) is 17.1 Å². The van der Waals surface area contributed by atoms with Crippen molar-refractivity contribution >= 4 is 20.9 Å². The molecule has 0 amide bonds. The molecule has 0 fully saturated rings. The number of sulfonamides is 1. The number of aryl methyl sites for hydroxylation is 1. The largest absolute Gasteiger partial charge is 0.387 e. The van der Waals surface area contributed by atoms with Gasteiger partial charge >= 0.3 is 0 Å². The van der Waals surface area contributed by atoms with Gasteiger partial charge in [-0.2, -0.15) is 0 Å². The lowest BCUT2D eigenvalue weighted by Crippen LogP contribution is -2.28. The van der Waals surface area contributed by atoms with E-state index < -0.39 is 21.9 Å². The summed E-state index contributed by atoms with van der Waals surface area (Å²) in [5.74, 6) is -0.632. The molecule has 3 aromatic rings. The minimum atomic E-state index is -3.88. The molecule has 0 aliphatic carbocycles. The van der Waals surface area contributed by atoms with E-state index in [1.807, 2.05) is 36.0 Å². The number of benzene rings is 2. The number of hydrogen-bond donors (Lipinski definition) is 2. The lowest BCUT2D eigenvalue weighted by Gasteiger charge is -2.13. The molecule has 1 aromatic heterocycles. The fourth-order valence-electron chi connectivity index (χ4n) is 2.53. The number of aliphatic hydroxyl groups is 1. The Morgan fingerprint density at radius 2 is 2.00 bits per heavy atom. The molecule has 0 radical (unpaired) electrons. The first-order valence-electron chi connectivity index (χ1n) is 7.35. The van der Waals surface area contributed by atoms with Crippen LogP contribution in [0.4, 0.5) is 4.39 Å². The van der Waals surface area contributed by atoms with E-state index in [2.05, 4.69) is 4.72 Å². The van der Waals surface area contributed by atoms with E-state index in [0.29, 0.717) is 5.56 Å². The average Bonchev–Trinajstić information content (AvgIpc) is 2.93. The molecule has 0 aliphatic rings. The third-order valence-electron chi connectivity index (χ3n) is 3.87. The molecular formula is C17H17FN2O3S. The number of aliphatic hydroxyl groups excluding tert-OH is 1. The highest BCUT2D eigenvalue weighted by atomic mass is 32.2. The van der Waals surface area contributed by atoms with Crippen LogP contribution in [0.15, 0.2) is 59.6 Å². The van der Waals surface area contributed by atoms with Crippen LogP contribution >= 0.6 is 0 Å². The fraction of sp³-hybridized carbons (Fsp3) is 0.176. The fourth-order valence-corrected chi connectivity index (χ4v) is 3.60. The zero-order valence-electron chi connectivity index (χ0n) is 13.0. The molecule has 0 saturated heterocycles. The Balaban J connectivity index is 1.75. The van der Waals surface area contributed by atoms with E-state index >= 15 is 0 Å². The maximum Gasteiger partial charge on any atom is 0.240 e. The zero-order chi connectivity index (χ0) is 17.3. The molecule has 1 atom stereocenters. The maximum atomic E-state index is 13.2. The molecule has 2 N–H and O–H groups in total. The van der Waals surface area contributed by atoms with Gasteiger partial charge in [-0.3, -0.25) is 0 Å². The number of halogens is 1. The average molecular weight is 348 g/mol. The first-order chi connectivity index (χ1) is 11.4. The van der Waals surface area contributed by atoms with Crippen LogP contribution in [0.3, 0.4) is 0 Å². The van der Waals surface area contributed by atoms with Crippen LogP contribution in [-0.4, -0.2) is 24.6 Å². The second-order valence-corrected chi connectivity index (χ2v) is 7.34. The quantitative estimate of drug-likeness (QED) is 0.743. The Hall–Kier alpha value is -2.22. The van der Waals surface area contributed by atoms with Crippen molar-refractivity contribution < 1.29 is 17.9 Å². The summed E-state index contributed by atoms with van der Waals surface area (Å²) in [6.45, 7) is -0.197. The number of rotatable bonds is 5. The molecule has 5 nitrogen and oxygen atoms in total. The highest BCUT2D eigenvalue weighted by molar-refractivity contribution is 7.89. The van der Waals surface area contributed by atoms with E-state index in [0.717, 1.165) is 17.0 Å². The number of aromatic nitrogens is 1. The summed E-state index contributed by atoms with van der Waals surface area (Å²) in [4.78, 5) is -0.173. The number of nitrogens with zero attached hydrogens (tertiary/aromatic N) is 1. The Morgan fingerprint density at radius 3 is 2.75 bits per heavy atom. The zero-order valence-corrected chi connectivity index (χ0v) is 13.8. The number of fused-ring (bicyclic) bond motifs is 1. The van der Waals surface area contributed by atoms with Gasteiger partial charge in [-0.25, -0.2) is 17.5 Å². The van der Waals surface area contributed by atoms with Crippen molar-refractivity contribution in [2.24, 2.45) is 7.05 Å². The summed E-state index contributed by atoms with van der Waals surface area (Å²) < 4.78 is 41.7. The van der Waals surface area contributed by atoms with Crippen molar-refractivity contribution in [1.29, 1.82) is 0 Å². The maximum absolute atomic E-state index is 13.2.